The SMILES string of the molecule is CCN(Cc1cccc(C)n1)CC(O)C1CCCC1. The van der Waals surface area contributed by atoms with E-state index in [2.05, 4.69) is 28.9 Å². The third-order valence-corrected chi connectivity index (χ3v) is 4.17. The average molecular weight is 262 g/mol. The van der Waals surface area contributed by atoms with Crippen molar-refractivity contribution in [3.05, 3.63) is 29.6 Å². The Morgan fingerprint density at radius 3 is 2.74 bits per heavy atom. The van der Waals surface area contributed by atoms with Crippen LogP contribution < -0.4 is 0 Å². The number of hydrogen-bond donors (Lipinski definition) is 1. The Morgan fingerprint density at radius 2 is 2.11 bits per heavy atom. The highest BCUT2D eigenvalue weighted by Crippen LogP contribution is 2.28. The molecule has 1 aliphatic carbocycles. The molecule has 0 amide bonds. The van der Waals surface area contributed by atoms with E-state index in [1.165, 1.54) is 25.7 Å². The summed E-state index contributed by atoms with van der Waals surface area (Å²) in [6.07, 6.45) is 4.79. The molecule has 3 heteroatoms. The lowest BCUT2D eigenvalue weighted by molar-refractivity contribution is 0.0644. The zero-order chi connectivity index (χ0) is 13.7. The van der Waals surface area contributed by atoms with Crippen molar-refractivity contribution >= 4 is 0 Å². The molecule has 0 radical (unpaired) electrons. The van der Waals surface area contributed by atoms with Gasteiger partial charge in [-0.15, -0.1) is 0 Å². The molecule has 2 rings (SSSR count). The lowest BCUT2D eigenvalue weighted by Crippen LogP contribution is -2.35. The number of aromatic nitrogens is 1. The van der Waals surface area contributed by atoms with E-state index in [-0.39, 0.29) is 6.10 Å². The van der Waals surface area contributed by atoms with E-state index in [1.54, 1.807) is 0 Å². The molecule has 1 unspecified atom stereocenters. The highest BCUT2D eigenvalue weighted by molar-refractivity contribution is 5.09. The summed E-state index contributed by atoms with van der Waals surface area (Å²) in [6, 6.07) is 6.14. The molecule has 1 atom stereocenters. The van der Waals surface area contributed by atoms with Crippen LogP contribution in [-0.2, 0) is 6.54 Å². The van der Waals surface area contributed by atoms with Crippen LogP contribution in [0.15, 0.2) is 18.2 Å². The van der Waals surface area contributed by atoms with Gasteiger partial charge in [0, 0.05) is 18.8 Å². The Morgan fingerprint density at radius 1 is 1.37 bits per heavy atom. The van der Waals surface area contributed by atoms with E-state index >= 15 is 0 Å². The third-order valence-electron chi connectivity index (χ3n) is 4.17. The highest BCUT2D eigenvalue weighted by atomic mass is 16.3. The standard InChI is InChI=1S/C16H26N2O/c1-3-18(11-15-10-6-7-13(2)17-15)12-16(19)14-8-4-5-9-14/h6-7,10,14,16,19H,3-5,8-9,11-12H2,1-2H3. The fraction of sp³-hybridized carbons (Fsp3) is 0.688. The molecule has 1 heterocycles. The second kappa shape index (κ2) is 7.01. The first-order chi connectivity index (χ1) is 9.19. The molecule has 1 N–H and O–H groups in total. The molecule has 1 saturated carbocycles. The molecule has 1 aromatic heterocycles. The van der Waals surface area contributed by atoms with Crippen molar-refractivity contribution in [1.29, 1.82) is 0 Å². The monoisotopic (exact) mass is 262 g/mol. The lowest BCUT2D eigenvalue weighted by Gasteiger charge is -2.26. The van der Waals surface area contributed by atoms with Crippen LogP contribution >= 0.6 is 0 Å². The van der Waals surface area contributed by atoms with E-state index in [0.717, 1.165) is 31.0 Å². The van der Waals surface area contributed by atoms with Crippen LogP contribution in [0, 0.1) is 12.8 Å². The second-order valence-corrected chi connectivity index (χ2v) is 5.71. The van der Waals surface area contributed by atoms with Gasteiger partial charge in [-0.2, -0.15) is 0 Å². The van der Waals surface area contributed by atoms with Gasteiger partial charge in [-0.1, -0.05) is 25.8 Å². The van der Waals surface area contributed by atoms with Gasteiger partial charge in [-0.3, -0.25) is 9.88 Å². The number of aryl methyl sites for hydroxylation is 1. The van der Waals surface area contributed by atoms with Crippen LogP contribution in [-0.4, -0.2) is 34.2 Å². The fourth-order valence-electron chi connectivity index (χ4n) is 2.98. The van der Waals surface area contributed by atoms with Crippen molar-refractivity contribution in [2.75, 3.05) is 13.1 Å². The summed E-state index contributed by atoms with van der Waals surface area (Å²) in [5.74, 6) is 0.513. The predicted molar refractivity (Wildman–Crippen MR) is 77.9 cm³/mol. The summed E-state index contributed by atoms with van der Waals surface area (Å²) in [7, 11) is 0. The Hall–Kier alpha value is -0.930. The summed E-state index contributed by atoms with van der Waals surface area (Å²) in [5.41, 5.74) is 2.16. The van der Waals surface area contributed by atoms with Gasteiger partial charge in [0.2, 0.25) is 0 Å². The van der Waals surface area contributed by atoms with Crippen LogP contribution in [0.2, 0.25) is 0 Å². The molecule has 0 bridgehead atoms. The molecule has 1 fully saturated rings. The third kappa shape index (κ3) is 4.29. The van der Waals surface area contributed by atoms with Crippen LogP contribution in [0.25, 0.3) is 0 Å². The first-order valence-corrected chi connectivity index (χ1v) is 7.52. The number of nitrogens with zero attached hydrogens (tertiary/aromatic N) is 2. The number of hydrogen-bond acceptors (Lipinski definition) is 3. The lowest BCUT2D eigenvalue weighted by atomic mass is 10.0. The summed E-state index contributed by atoms with van der Waals surface area (Å²) < 4.78 is 0. The number of rotatable bonds is 6. The van der Waals surface area contributed by atoms with Crippen LogP contribution in [0.5, 0.6) is 0 Å². The second-order valence-electron chi connectivity index (χ2n) is 5.71. The van der Waals surface area contributed by atoms with Gasteiger partial charge in [0.25, 0.3) is 0 Å². The van der Waals surface area contributed by atoms with Crippen molar-refractivity contribution in [3.63, 3.8) is 0 Å². The number of pyridine rings is 1. The van der Waals surface area contributed by atoms with Gasteiger partial charge in [0.15, 0.2) is 0 Å². The van der Waals surface area contributed by atoms with E-state index in [4.69, 9.17) is 0 Å². The van der Waals surface area contributed by atoms with E-state index in [0.29, 0.717) is 5.92 Å². The largest absolute Gasteiger partial charge is 0.392 e. The zero-order valence-electron chi connectivity index (χ0n) is 12.2. The van der Waals surface area contributed by atoms with Crippen LogP contribution in [0.4, 0.5) is 0 Å². The van der Waals surface area contributed by atoms with Gasteiger partial charge >= 0.3 is 0 Å². The minimum absolute atomic E-state index is 0.174. The minimum atomic E-state index is -0.174. The predicted octanol–water partition coefficient (Wildman–Crippen LogP) is 2.76. The Labute approximate surface area is 116 Å². The quantitative estimate of drug-likeness (QED) is 0.856. The van der Waals surface area contributed by atoms with Gasteiger partial charge < -0.3 is 5.11 Å². The number of aliphatic hydroxyl groups excluding tert-OH is 1. The molecule has 106 valence electrons. The maximum Gasteiger partial charge on any atom is 0.0695 e. The summed E-state index contributed by atoms with van der Waals surface area (Å²) >= 11 is 0. The molecule has 19 heavy (non-hydrogen) atoms. The van der Waals surface area contributed by atoms with Gasteiger partial charge in [0.1, 0.15) is 0 Å². The molecular formula is C16H26N2O. The van der Waals surface area contributed by atoms with Crippen LogP contribution in [0.1, 0.15) is 44.0 Å². The average Bonchev–Trinajstić information content (AvgIpc) is 2.92. The molecule has 1 aromatic rings. The summed E-state index contributed by atoms with van der Waals surface area (Å²) in [6.45, 7) is 6.74. The molecule has 0 saturated heterocycles. The van der Waals surface area contributed by atoms with E-state index in [9.17, 15) is 5.11 Å². The molecule has 0 spiro atoms. The fourth-order valence-corrected chi connectivity index (χ4v) is 2.98. The van der Waals surface area contributed by atoms with Gasteiger partial charge in [0.05, 0.1) is 11.8 Å². The maximum absolute atomic E-state index is 10.3. The smallest absolute Gasteiger partial charge is 0.0695 e. The topological polar surface area (TPSA) is 36.4 Å². The number of likely N-dealkylation sites (N-methyl/N-ethyl adjacent to an activating group) is 1. The molecule has 0 aliphatic heterocycles. The molecule has 0 aromatic carbocycles. The van der Waals surface area contributed by atoms with Crippen molar-refractivity contribution < 1.29 is 5.11 Å². The Bertz CT molecular complexity index is 388. The van der Waals surface area contributed by atoms with Crippen molar-refractivity contribution in [2.45, 2.75) is 52.2 Å². The van der Waals surface area contributed by atoms with E-state index in [1.807, 2.05) is 13.0 Å². The normalized spacial score (nSPS) is 18.1. The molecule has 3 nitrogen and oxygen atoms in total. The zero-order valence-corrected chi connectivity index (χ0v) is 12.2. The van der Waals surface area contributed by atoms with Crippen molar-refractivity contribution in [1.82, 2.24) is 9.88 Å². The molecule has 1 aliphatic rings. The maximum atomic E-state index is 10.3. The first kappa shape index (κ1) is 14.5. The Kier molecular flexibility index (Phi) is 5.34. The molecular weight excluding hydrogens is 236 g/mol. The minimum Gasteiger partial charge on any atom is -0.392 e. The highest BCUT2D eigenvalue weighted by Gasteiger charge is 2.24. The number of aliphatic hydroxyl groups is 1. The van der Waals surface area contributed by atoms with Gasteiger partial charge in [-0.05, 0) is 44.4 Å². The Balaban J connectivity index is 1.89. The van der Waals surface area contributed by atoms with E-state index < -0.39 is 0 Å². The van der Waals surface area contributed by atoms with Crippen molar-refractivity contribution in [3.8, 4) is 0 Å². The van der Waals surface area contributed by atoms with Crippen molar-refractivity contribution in [2.24, 2.45) is 5.92 Å². The first-order valence-electron chi connectivity index (χ1n) is 7.52. The van der Waals surface area contributed by atoms with Gasteiger partial charge in [-0.25, -0.2) is 0 Å². The summed E-state index contributed by atoms with van der Waals surface area (Å²) in [4.78, 5) is 6.84. The van der Waals surface area contributed by atoms with Crippen LogP contribution in [0.3, 0.4) is 0 Å². The summed E-state index contributed by atoms with van der Waals surface area (Å²) in [5, 5.41) is 10.3.